The molecule has 0 aromatic carbocycles. The number of hydrogen-bond donors (Lipinski definition) is 1. The van der Waals surface area contributed by atoms with Gasteiger partial charge in [0.05, 0.1) is 6.54 Å². The standard InChI is InChI=1S/C16H28N2O2/c1-11(12-8-6-5-7-9-12)18-10-13(19)17-14(15(18)20)16(2,3)4/h11-12,14H,5-10H2,1-4H3,(H,17,19). The van der Waals surface area contributed by atoms with Crippen LogP contribution >= 0.6 is 0 Å². The van der Waals surface area contributed by atoms with Crippen LogP contribution in [0.2, 0.25) is 0 Å². The van der Waals surface area contributed by atoms with E-state index in [1.54, 1.807) is 0 Å². The van der Waals surface area contributed by atoms with Gasteiger partial charge in [0.25, 0.3) is 0 Å². The van der Waals surface area contributed by atoms with Crippen LogP contribution in [-0.2, 0) is 9.59 Å². The Morgan fingerprint density at radius 2 is 1.75 bits per heavy atom. The number of carbonyl (C=O) groups is 2. The SMILES string of the molecule is CC(C1CCCCC1)N1CC(=O)NC(C(C)(C)C)C1=O. The smallest absolute Gasteiger partial charge is 0.246 e. The van der Waals surface area contributed by atoms with Gasteiger partial charge in [0, 0.05) is 6.04 Å². The highest BCUT2D eigenvalue weighted by Crippen LogP contribution is 2.31. The monoisotopic (exact) mass is 280 g/mol. The largest absolute Gasteiger partial charge is 0.342 e. The molecule has 2 fully saturated rings. The minimum absolute atomic E-state index is 0.0211. The number of nitrogens with zero attached hydrogens (tertiary/aromatic N) is 1. The molecule has 0 bridgehead atoms. The molecular formula is C16H28N2O2. The molecule has 0 aromatic heterocycles. The van der Waals surface area contributed by atoms with Crippen molar-refractivity contribution in [3.05, 3.63) is 0 Å². The minimum Gasteiger partial charge on any atom is -0.342 e. The van der Waals surface area contributed by atoms with Crippen LogP contribution in [0.15, 0.2) is 0 Å². The Morgan fingerprint density at radius 1 is 1.15 bits per heavy atom. The second-order valence-electron chi connectivity index (χ2n) is 7.47. The van der Waals surface area contributed by atoms with Crippen molar-refractivity contribution < 1.29 is 9.59 Å². The molecule has 114 valence electrons. The lowest BCUT2D eigenvalue weighted by Gasteiger charge is -2.44. The van der Waals surface area contributed by atoms with Crippen LogP contribution in [0.3, 0.4) is 0 Å². The molecular weight excluding hydrogens is 252 g/mol. The van der Waals surface area contributed by atoms with Crippen LogP contribution < -0.4 is 5.32 Å². The highest BCUT2D eigenvalue weighted by molar-refractivity contribution is 5.95. The third-order valence-corrected chi connectivity index (χ3v) is 4.84. The molecule has 1 aliphatic carbocycles. The highest BCUT2D eigenvalue weighted by Gasteiger charge is 2.42. The Bertz CT molecular complexity index is 380. The molecule has 0 aromatic rings. The molecule has 1 saturated heterocycles. The van der Waals surface area contributed by atoms with Crippen molar-refractivity contribution in [2.75, 3.05) is 6.54 Å². The fraction of sp³-hybridized carbons (Fsp3) is 0.875. The van der Waals surface area contributed by atoms with Crippen molar-refractivity contribution in [1.29, 1.82) is 0 Å². The molecule has 4 nitrogen and oxygen atoms in total. The van der Waals surface area contributed by atoms with Crippen LogP contribution in [-0.4, -0.2) is 35.3 Å². The van der Waals surface area contributed by atoms with Gasteiger partial charge in [0.15, 0.2) is 0 Å². The van der Waals surface area contributed by atoms with Gasteiger partial charge in [-0.3, -0.25) is 9.59 Å². The zero-order valence-corrected chi connectivity index (χ0v) is 13.2. The Morgan fingerprint density at radius 3 is 2.30 bits per heavy atom. The second kappa shape index (κ2) is 5.74. The lowest BCUT2D eigenvalue weighted by atomic mass is 9.81. The van der Waals surface area contributed by atoms with Gasteiger partial charge in [-0.25, -0.2) is 0 Å². The van der Waals surface area contributed by atoms with Gasteiger partial charge < -0.3 is 10.2 Å². The van der Waals surface area contributed by atoms with Gasteiger partial charge in [0.1, 0.15) is 6.04 Å². The summed E-state index contributed by atoms with van der Waals surface area (Å²) in [5.41, 5.74) is -0.238. The summed E-state index contributed by atoms with van der Waals surface area (Å²) < 4.78 is 0. The number of piperazine rings is 1. The van der Waals surface area contributed by atoms with Gasteiger partial charge in [-0.05, 0) is 31.1 Å². The average molecular weight is 280 g/mol. The molecule has 1 aliphatic heterocycles. The first kappa shape index (κ1) is 15.3. The normalized spacial score (nSPS) is 27.4. The van der Waals surface area contributed by atoms with E-state index in [1.165, 1.54) is 32.1 Å². The van der Waals surface area contributed by atoms with Crippen molar-refractivity contribution in [1.82, 2.24) is 10.2 Å². The third kappa shape index (κ3) is 3.15. The molecule has 2 rings (SSSR count). The molecule has 1 N–H and O–H groups in total. The summed E-state index contributed by atoms with van der Waals surface area (Å²) in [5, 5.41) is 2.86. The molecule has 2 amide bonds. The molecule has 0 spiro atoms. The Labute approximate surface area is 122 Å². The first-order valence-corrected chi connectivity index (χ1v) is 7.90. The van der Waals surface area contributed by atoms with Gasteiger partial charge in [-0.15, -0.1) is 0 Å². The first-order valence-electron chi connectivity index (χ1n) is 7.90. The number of hydrogen-bond acceptors (Lipinski definition) is 2. The summed E-state index contributed by atoms with van der Waals surface area (Å²) in [6, 6.07) is -0.214. The van der Waals surface area contributed by atoms with E-state index in [2.05, 4.69) is 12.2 Å². The first-order chi connectivity index (χ1) is 9.30. The van der Waals surface area contributed by atoms with Crippen molar-refractivity contribution in [3.8, 4) is 0 Å². The van der Waals surface area contributed by atoms with E-state index in [0.717, 1.165) is 0 Å². The van der Waals surface area contributed by atoms with E-state index in [9.17, 15) is 9.59 Å². The zero-order chi connectivity index (χ0) is 14.9. The number of carbonyl (C=O) groups excluding carboxylic acids is 2. The van der Waals surface area contributed by atoms with E-state index in [4.69, 9.17) is 0 Å². The Kier molecular flexibility index (Phi) is 4.40. The predicted octanol–water partition coefficient (Wildman–Crippen LogP) is 2.33. The molecule has 0 radical (unpaired) electrons. The van der Waals surface area contributed by atoms with Crippen LogP contribution in [0.4, 0.5) is 0 Å². The van der Waals surface area contributed by atoms with E-state index in [-0.39, 0.29) is 29.8 Å². The summed E-state index contributed by atoms with van der Waals surface area (Å²) in [6.07, 6.45) is 6.19. The lowest BCUT2D eigenvalue weighted by molar-refractivity contribution is -0.150. The van der Waals surface area contributed by atoms with E-state index in [0.29, 0.717) is 5.92 Å². The fourth-order valence-electron chi connectivity index (χ4n) is 3.47. The van der Waals surface area contributed by atoms with Gasteiger partial charge in [-0.1, -0.05) is 40.0 Å². The van der Waals surface area contributed by atoms with Crippen molar-refractivity contribution in [3.63, 3.8) is 0 Å². The number of amides is 2. The quantitative estimate of drug-likeness (QED) is 0.844. The van der Waals surface area contributed by atoms with Crippen LogP contribution in [0.25, 0.3) is 0 Å². The van der Waals surface area contributed by atoms with E-state index >= 15 is 0 Å². The average Bonchev–Trinajstić information content (AvgIpc) is 2.40. The highest BCUT2D eigenvalue weighted by atomic mass is 16.2. The van der Waals surface area contributed by atoms with E-state index < -0.39 is 6.04 Å². The molecule has 2 unspecified atom stereocenters. The second-order valence-corrected chi connectivity index (χ2v) is 7.47. The molecule has 1 saturated carbocycles. The molecule has 2 atom stereocenters. The maximum Gasteiger partial charge on any atom is 0.246 e. The third-order valence-electron chi connectivity index (χ3n) is 4.84. The number of rotatable bonds is 2. The summed E-state index contributed by atoms with van der Waals surface area (Å²) >= 11 is 0. The van der Waals surface area contributed by atoms with Gasteiger partial charge in [0.2, 0.25) is 11.8 Å². The van der Waals surface area contributed by atoms with Crippen molar-refractivity contribution in [2.45, 2.75) is 71.9 Å². The van der Waals surface area contributed by atoms with Gasteiger partial charge in [-0.2, -0.15) is 0 Å². The van der Waals surface area contributed by atoms with E-state index in [1.807, 2.05) is 25.7 Å². The maximum absolute atomic E-state index is 12.7. The number of nitrogens with one attached hydrogen (secondary N) is 1. The molecule has 1 heterocycles. The molecule has 20 heavy (non-hydrogen) atoms. The van der Waals surface area contributed by atoms with Crippen molar-refractivity contribution >= 4 is 11.8 Å². The summed E-state index contributed by atoms with van der Waals surface area (Å²) in [6.45, 7) is 8.36. The van der Waals surface area contributed by atoms with Gasteiger partial charge >= 0.3 is 0 Å². The topological polar surface area (TPSA) is 49.4 Å². The zero-order valence-electron chi connectivity index (χ0n) is 13.2. The summed E-state index contributed by atoms with van der Waals surface area (Å²) in [7, 11) is 0. The Balaban J connectivity index is 2.13. The molecule has 2 aliphatic rings. The fourth-order valence-corrected chi connectivity index (χ4v) is 3.47. The Hall–Kier alpha value is -1.06. The predicted molar refractivity (Wildman–Crippen MR) is 79.1 cm³/mol. The molecule has 4 heteroatoms. The van der Waals surface area contributed by atoms with Crippen LogP contribution in [0, 0.1) is 11.3 Å². The summed E-state index contributed by atoms with van der Waals surface area (Å²) in [5.74, 6) is 0.626. The maximum atomic E-state index is 12.7. The van der Waals surface area contributed by atoms with Crippen molar-refractivity contribution in [2.24, 2.45) is 11.3 Å². The van der Waals surface area contributed by atoms with Crippen LogP contribution in [0.5, 0.6) is 0 Å². The van der Waals surface area contributed by atoms with Crippen LogP contribution in [0.1, 0.15) is 59.8 Å². The summed E-state index contributed by atoms with van der Waals surface area (Å²) in [4.78, 5) is 26.5. The minimum atomic E-state index is -0.394. The lowest BCUT2D eigenvalue weighted by Crippen LogP contribution is -2.64.